The summed E-state index contributed by atoms with van der Waals surface area (Å²) in [6, 6.07) is 9.07. The highest BCUT2D eigenvalue weighted by atomic mass is 127. The first-order valence-electron chi connectivity index (χ1n) is 10.4. The average molecular weight is 516 g/mol. The second-order valence-electron chi connectivity index (χ2n) is 7.55. The number of hydrogen-bond acceptors (Lipinski definition) is 4. The topological polar surface area (TPSA) is 57.2 Å². The van der Waals surface area contributed by atoms with Crippen molar-refractivity contribution < 1.29 is 9.53 Å². The summed E-state index contributed by atoms with van der Waals surface area (Å²) in [5, 5.41) is 3.42. The summed E-state index contributed by atoms with van der Waals surface area (Å²) >= 11 is 0. The summed E-state index contributed by atoms with van der Waals surface area (Å²) < 4.78 is 4.89. The highest BCUT2D eigenvalue weighted by Crippen LogP contribution is 2.21. The molecule has 1 aromatic rings. The number of halogens is 1. The molecule has 0 aromatic heterocycles. The van der Waals surface area contributed by atoms with E-state index in [-0.39, 0.29) is 41.9 Å². The molecule has 0 spiro atoms. The average Bonchev–Trinajstić information content (AvgIpc) is 2.73. The van der Waals surface area contributed by atoms with Crippen molar-refractivity contribution in [2.45, 2.75) is 39.2 Å². The van der Waals surface area contributed by atoms with E-state index in [2.05, 4.69) is 67.3 Å². The van der Waals surface area contributed by atoms with Gasteiger partial charge < -0.3 is 19.9 Å². The molecule has 0 saturated carbocycles. The Labute approximate surface area is 193 Å². The molecular weight excluding hydrogens is 479 g/mol. The van der Waals surface area contributed by atoms with Gasteiger partial charge in [0, 0.05) is 19.6 Å². The minimum absolute atomic E-state index is 0. The molecule has 1 aliphatic heterocycles. The number of guanidine groups is 1. The van der Waals surface area contributed by atoms with E-state index in [0.29, 0.717) is 6.54 Å². The minimum Gasteiger partial charge on any atom is -0.469 e. The molecular formula is C22H37IN4O2. The zero-order chi connectivity index (χ0) is 20.5. The predicted octanol–water partition coefficient (Wildman–Crippen LogP) is 3.32. The van der Waals surface area contributed by atoms with Crippen LogP contribution in [0.2, 0.25) is 0 Å². The Morgan fingerprint density at radius 2 is 1.86 bits per heavy atom. The SMILES string of the molecule is CCNC(=NCC(c1ccc(CC)cc1)N(C)C)N1CCC(C(=O)OC)CC1.I. The molecule has 1 saturated heterocycles. The first-order valence-corrected chi connectivity index (χ1v) is 10.4. The van der Waals surface area contributed by atoms with Crippen LogP contribution >= 0.6 is 24.0 Å². The maximum Gasteiger partial charge on any atom is 0.308 e. The van der Waals surface area contributed by atoms with Gasteiger partial charge in [-0.2, -0.15) is 0 Å². The molecule has 164 valence electrons. The molecule has 0 radical (unpaired) electrons. The Hall–Kier alpha value is -1.35. The van der Waals surface area contributed by atoms with Gasteiger partial charge in [-0.3, -0.25) is 9.79 Å². The standard InChI is InChI=1S/C22H36N4O2.HI/c1-6-17-8-10-18(11-9-17)20(25(3)4)16-24-22(23-7-2)26-14-12-19(13-15-26)21(27)28-5;/h8-11,19-20H,6-7,12-16H2,1-5H3,(H,23,24);1H. The lowest BCUT2D eigenvalue weighted by Gasteiger charge is -2.33. The van der Waals surface area contributed by atoms with Gasteiger partial charge in [-0.15, -0.1) is 24.0 Å². The third-order valence-electron chi connectivity index (χ3n) is 5.47. The van der Waals surface area contributed by atoms with Gasteiger partial charge in [0.1, 0.15) is 0 Å². The number of nitrogens with zero attached hydrogens (tertiary/aromatic N) is 3. The Morgan fingerprint density at radius 1 is 1.24 bits per heavy atom. The number of aliphatic imine (C=N–C) groups is 1. The number of likely N-dealkylation sites (tertiary alicyclic amines) is 1. The smallest absolute Gasteiger partial charge is 0.308 e. The molecule has 1 heterocycles. The van der Waals surface area contributed by atoms with Crippen molar-refractivity contribution in [3.8, 4) is 0 Å². The predicted molar refractivity (Wildman–Crippen MR) is 130 cm³/mol. The van der Waals surface area contributed by atoms with Gasteiger partial charge in [0.25, 0.3) is 0 Å². The normalized spacial score (nSPS) is 16.3. The van der Waals surface area contributed by atoms with Crippen molar-refractivity contribution in [2.75, 3.05) is 47.4 Å². The number of methoxy groups -OCH3 is 1. The molecule has 1 N–H and O–H groups in total. The monoisotopic (exact) mass is 516 g/mol. The Bertz CT molecular complexity index is 641. The highest BCUT2D eigenvalue weighted by Gasteiger charge is 2.27. The van der Waals surface area contributed by atoms with Crippen LogP contribution < -0.4 is 5.32 Å². The van der Waals surface area contributed by atoms with Crippen LogP contribution in [-0.4, -0.2) is 69.1 Å². The molecule has 2 rings (SSSR count). The molecule has 6 nitrogen and oxygen atoms in total. The zero-order valence-electron chi connectivity index (χ0n) is 18.5. The fourth-order valence-electron chi connectivity index (χ4n) is 3.63. The number of hydrogen-bond donors (Lipinski definition) is 1. The number of esters is 1. The van der Waals surface area contributed by atoms with Crippen molar-refractivity contribution >= 4 is 35.9 Å². The number of ether oxygens (including phenoxy) is 1. The second-order valence-corrected chi connectivity index (χ2v) is 7.55. The van der Waals surface area contributed by atoms with Crippen LogP contribution in [0, 0.1) is 5.92 Å². The molecule has 1 fully saturated rings. The van der Waals surface area contributed by atoms with Gasteiger partial charge >= 0.3 is 5.97 Å². The van der Waals surface area contributed by atoms with Crippen molar-refractivity contribution in [3.63, 3.8) is 0 Å². The van der Waals surface area contributed by atoms with Gasteiger partial charge in [-0.05, 0) is 51.4 Å². The summed E-state index contributed by atoms with van der Waals surface area (Å²) in [4.78, 5) is 21.2. The fraction of sp³-hybridized carbons (Fsp3) is 0.636. The molecule has 1 atom stereocenters. The van der Waals surface area contributed by atoms with E-state index in [1.54, 1.807) is 0 Å². The lowest BCUT2D eigenvalue weighted by atomic mass is 9.97. The molecule has 7 heteroatoms. The number of benzene rings is 1. The van der Waals surface area contributed by atoms with Gasteiger partial charge in [0.2, 0.25) is 0 Å². The van der Waals surface area contributed by atoms with Gasteiger partial charge in [-0.25, -0.2) is 0 Å². The van der Waals surface area contributed by atoms with Crippen molar-refractivity contribution in [1.82, 2.24) is 15.1 Å². The number of rotatable bonds is 7. The first kappa shape index (κ1) is 25.7. The van der Waals surface area contributed by atoms with Gasteiger partial charge in [-0.1, -0.05) is 31.2 Å². The van der Waals surface area contributed by atoms with Crippen molar-refractivity contribution in [2.24, 2.45) is 10.9 Å². The number of carbonyl (C=O) groups excluding carboxylic acids is 1. The van der Waals surface area contributed by atoms with Crippen LogP contribution in [0.25, 0.3) is 0 Å². The lowest BCUT2D eigenvalue weighted by Crippen LogP contribution is -2.47. The van der Waals surface area contributed by atoms with Gasteiger partial charge in [0.05, 0.1) is 25.6 Å². The maximum atomic E-state index is 11.8. The fourth-order valence-corrected chi connectivity index (χ4v) is 3.63. The zero-order valence-corrected chi connectivity index (χ0v) is 20.8. The van der Waals surface area contributed by atoms with Crippen LogP contribution in [0.1, 0.15) is 43.9 Å². The molecule has 1 unspecified atom stereocenters. The van der Waals surface area contributed by atoms with E-state index < -0.39 is 0 Å². The van der Waals surface area contributed by atoms with Crippen molar-refractivity contribution in [3.05, 3.63) is 35.4 Å². The maximum absolute atomic E-state index is 11.8. The number of carbonyl (C=O) groups is 1. The minimum atomic E-state index is -0.0928. The van der Waals surface area contributed by atoms with E-state index in [0.717, 1.165) is 44.9 Å². The Kier molecular flexibility index (Phi) is 11.6. The third kappa shape index (κ3) is 7.44. The first-order chi connectivity index (χ1) is 13.5. The Balaban J connectivity index is 0.00000420. The summed E-state index contributed by atoms with van der Waals surface area (Å²) in [5.74, 6) is 0.850. The lowest BCUT2D eigenvalue weighted by molar-refractivity contribution is -0.146. The number of piperidine rings is 1. The number of aryl methyl sites for hydroxylation is 1. The third-order valence-corrected chi connectivity index (χ3v) is 5.47. The molecule has 0 amide bonds. The number of nitrogens with one attached hydrogen (secondary N) is 1. The van der Waals surface area contributed by atoms with E-state index in [4.69, 9.17) is 9.73 Å². The molecule has 0 aliphatic carbocycles. The van der Waals surface area contributed by atoms with Crippen LogP contribution in [0.3, 0.4) is 0 Å². The van der Waals surface area contributed by atoms with Crippen LogP contribution in [0.15, 0.2) is 29.3 Å². The van der Waals surface area contributed by atoms with Crippen LogP contribution in [-0.2, 0) is 16.0 Å². The Morgan fingerprint density at radius 3 is 2.34 bits per heavy atom. The largest absolute Gasteiger partial charge is 0.469 e. The van der Waals surface area contributed by atoms with E-state index >= 15 is 0 Å². The highest BCUT2D eigenvalue weighted by molar-refractivity contribution is 14.0. The summed E-state index contributed by atoms with van der Waals surface area (Å²) in [6.07, 6.45) is 2.68. The number of likely N-dealkylation sites (N-methyl/N-ethyl adjacent to an activating group) is 1. The van der Waals surface area contributed by atoms with E-state index in [1.807, 2.05) is 0 Å². The summed E-state index contributed by atoms with van der Waals surface area (Å²) in [5.41, 5.74) is 2.64. The molecule has 29 heavy (non-hydrogen) atoms. The molecule has 1 aliphatic rings. The van der Waals surface area contributed by atoms with Gasteiger partial charge in [0.15, 0.2) is 5.96 Å². The second kappa shape index (κ2) is 13.1. The summed E-state index contributed by atoms with van der Waals surface area (Å²) in [7, 11) is 5.67. The summed E-state index contributed by atoms with van der Waals surface area (Å²) in [6.45, 7) is 7.43. The van der Waals surface area contributed by atoms with Crippen molar-refractivity contribution in [1.29, 1.82) is 0 Å². The quantitative estimate of drug-likeness (QED) is 0.261. The molecule has 1 aromatic carbocycles. The molecule has 0 bridgehead atoms. The van der Waals surface area contributed by atoms with Crippen LogP contribution in [0.5, 0.6) is 0 Å². The van der Waals surface area contributed by atoms with Crippen LogP contribution in [0.4, 0.5) is 0 Å². The van der Waals surface area contributed by atoms with E-state index in [1.165, 1.54) is 18.2 Å². The van der Waals surface area contributed by atoms with E-state index in [9.17, 15) is 4.79 Å².